The average molecular weight is 687 g/mol. The number of anilines is 2. The van der Waals surface area contributed by atoms with Crippen molar-refractivity contribution in [1.29, 1.82) is 0 Å². The number of morpholine rings is 1. The van der Waals surface area contributed by atoms with Crippen molar-refractivity contribution in [3.63, 3.8) is 0 Å². The van der Waals surface area contributed by atoms with Gasteiger partial charge in [0.1, 0.15) is 23.4 Å². The molecule has 3 aliphatic heterocycles. The first-order valence-corrected chi connectivity index (χ1v) is 15.3. The van der Waals surface area contributed by atoms with Crippen LogP contribution in [0.1, 0.15) is 25.6 Å². The van der Waals surface area contributed by atoms with Gasteiger partial charge in [-0.3, -0.25) is 0 Å². The number of nitrogens with zero attached hydrogens (tertiary/aromatic N) is 7. The molecule has 3 atom stereocenters. The molecule has 7 heterocycles. The van der Waals surface area contributed by atoms with Gasteiger partial charge in [0.15, 0.2) is 5.82 Å². The second-order valence-corrected chi connectivity index (χ2v) is 11.8. The highest BCUT2D eigenvalue weighted by Crippen LogP contribution is 2.41. The van der Waals surface area contributed by atoms with Gasteiger partial charge in [-0.1, -0.05) is 0 Å². The normalized spacial score (nSPS) is 21.7. The summed E-state index contributed by atoms with van der Waals surface area (Å²) in [6.45, 7) is 0.487. The van der Waals surface area contributed by atoms with Crippen LogP contribution in [-0.2, 0) is 14.3 Å². The summed E-state index contributed by atoms with van der Waals surface area (Å²) in [5, 5.41) is 10.1. The summed E-state index contributed by atoms with van der Waals surface area (Å²) in [5.41, 5.74) is 1.41. The number of carboxylic acid groups (broad SMARTS) is 1. The van der Waals surface area contributed by atoms with E-state index < -0.39 is 42.6 Å². The van der Waals surface area contributed by atoms with Crippen LogP contribution < -0.4 is 19.3 Å². The molecule has 0 radical (unpaired) electrons. The number of aromatic amines is 1. The molecule has 14 nitrogen and oxygen atoms in total. The van der Waals surface area contributed by atoms with Gasteiger partial charge < -0.3 is 38.8 Å². The van der Waals surface area contributed by atoms with Gasteiger partial charge in [-0.25, -0.2) is 28.5 Å². The predicted octanol–water partition coefficient (Wildman–Crippen LogP) is 3.97. The molecule has 7 rings (SSSR count). The van der Waals surface area contributed by atoms with Crippen LogP contribution in [0.5, 0.6) is 11.8 Å². The van der Waals surface area contributed by atoms with Crippen molar-refractivity contribution in [1.82, 2.24) is 29.9 Å². The van der Waals surface area contributed by atoms with E-state index >= 15 is 0 Å². The van der Waals surface area contributed by atoms with E-state index in [0.29, 0.717) is 48.9 Å². The summed E-state index contributed by atoms with van der Waals surface area (Å²) < 4.78 is 76.0. The number of nitrogens with one attached hydrogen (secondary N) is 1. The second-order valence-electron chi connectivity index (χ2n) is 11.8. The maximum absolute atomic E-state index is 13.8. The molecule has 0 aromatic carbocycles. The number of ether oxygens (including phenoxy) is 4. The quantitative estimate of drug-likeness (QED) is 0.231. The Hall–Kier alpha value is -5.10. The van der Waals surface area contributed by atoms with Crippen LogP contribution in [0.2, 0.25) is 0 Å². The van der Waals surface area contributed by atoms with Gasteiger partial charge in [0.05, 0.1) is 38.1 Å². The molecule has 0 saturated carbocycles. The van der Waals surface area contributed by atoms with Crippen molar-refractivity contribution in [2.45, 2.75) is 50.2 Å². The first-order valence-electron chi connectivity index (χ1n) is 15.3. The molecule has 49 heavy (non-hydrogen) atoms. The molecule has 0 aliphatic carbocycles. The van der Waals surface area contributed by atoms with Crippen LogP contribution in [0.4, 0.5) is 29.2 Å². The number of hydrogen-bond acceptors (Lipinski definition) is 12. The minimum atomic E-state index is -3.05. The largest absolute Gasteiger partial charge is 0.480 e. The topological polar surface area (TPSA) is 161 Å². The number of aliphatic carboxylic acids is 1. The minimum absolute atomic E-state index is 0.0408. The van der Waals surface area contributed by atoms with E-state index in [9.17, 15) is 27.5 Å². The van der Waals surface area contributed by atoms with E-state index in [4.69, 9.17) is 14.2 Å². The van der Waals surface area contributed by atoms with Crippen LogP contribution in [-0.4, -0.2) is 104 Å². The Morgan fingerprint density at radius 1 is 1.10 bits per heavy atom. The summed E-state index contributed by atoms with van der Waals surface area (Å²) in [6, 6.07) is 6.63. The van der Waals surface area contributed by atoms with E-state index in [2.05, 4.69) is 39.5 Å². The van der Waals surface area contributed by atoms with Crippen molar-refractivity contribution >= 4 is 17.6 Å². The van der Waals surface area contributed by atoms with Gasteiger partial charge in [-0.2, -0.15) is 18.7 Å². The summed E-state index contributed by atoms with van der Waals surface area (Å²) in [7, 11) is 0. The molecule has 0 bridgehead atoms. The Morgan fingerprint density at radius 2 is 1.94 bits per heavy atom. The first kappa shape index (κ1) is 32.4. The standard InChI is InChI=1S/C31H30F4N8O6/c1-16-31(14-46-15-31)47-8-7-42(16)21-9-18(17-4-6-37-23(10-17)49-29(34)35)12-38-27(21)48-19-11-22(28(44)45)43(13-19)30-40-25(20-3-2-5-36-20)39-26(41-30)24(32)33/h2-6,9-10,12,16,19,22,24,29,36H,7-8,11,13-15H2,1H3,(H,44,45)/t16-,19-,22-/m0/s1. The molecule has 4 aromatic rings. The highest BCUT2D eigenvalue weighted by Gasteiger charge is 2.50. The van der Waals surface area contributed by atoms with Crippen molar-refractivity contribution in [2.75, 3.05) is 42.7 Å². The van der Waals surface area contributed by atoms with Crippen LogP contribution in [0.25, 0.3) is 22.6 Å². The molecule has 18 heteroatoms. The first-order chi connectivity index (χ1) is 23.6. The Balaban J connectivity index is 1.22. The number of hydrogen-bond donors (Lipinski definition) is 2. The zero-order valence-corrected chi connectivity index (χ0v) is 25.9. The third kappa shape index (κ3) is 6.40. The zero-order valence-electron chi connectivity index (χ0n) is 25.9. The van der Waals surface area contributed by atoms with Crippen molar-refractivity contribution < 1.29 is 46.4 Å². The maximum atomic E-state index is 13.8. The van der Waals surface area contributed by atoms with E-state index in [1.165, 1.54) is 23.4 Å². The summed E-state index contributed by atoms with van der Waals surface area (Å²) in [5.74, 6) is -2.40. The number of aromatic nitrogens is 6. The smallest absolute Gasteiger partial charge is 0.388 e. The molecule has 3 aliphatic rings. The van der Waals surface area contributed by atoms with Crippen LogP contribution in [0.3, 0.4) is 0 Å². The van der Waals surface area contributed by atoms with E-state index in [1.54, 1.807) is 30.5 Å². The number of H-pyrrole nitrogens is 1. The molecular weight excluding hydrogens is 656 g/mol. The summed E-state index contributed by atoms with van der Waals surface area (Å²) in [6.07, 6.45) is 0.576. The third-order valence-corrected chi connectivity index (χ3v) is 8.82. The molecule has 1 spiro atoms. The maximum Gasteiger partial charge on any atom is 0.388 e. The summed E-state index contributed by atoms with van der Waals surface area (Å²) >= 11 is 0. The van der Waals surface area contributed by atoms with Gasteiger partial charge in [0.2, 0.25) is 23.5 Å². The lowest BCUT2D eigenvalue weighted by molar-refractivity contribution is -0.228. The molecular formula is C31H30F4N8O6. The van der Waals surface area contributed by atoms with Gasteiger partial charge in [0.25, 0.3) is 6.43 Å². The van der Waals surface area contributed by atoms with Gasteiger partial charge in [0, 0.05) is 43.2 Å². The Kier molecular flexibility index (Phi) is 8.66. The molecule has 258 valence electrons. The van der Waals surface area contributed by atoms with Crippen molar-refractivity contribution in [3.8, 4) is 34.4 Å². The minimum Gasteiger partial charge on any atom is -0.480 e. The fraction of sp³-hybridized carbons (Fsp3) is 0.419. The average Bonchev–Trinajstić information content (AvgIpc) is 3.75. The molecule has 4 aromatic heterocycles. The van der Waals surface area contributed by atoms with E-state index in [0.717, 1.165) is 0 Å². The monoisotopic (exact) mass is 686 g/mol. The number of halogens is 4. The van der Waals surface area contributed by atoms with Crippen molar-refractivity contribution in [2.24, 2.45) is 0 Å². The number of alkyl halides is 4. The number of pyridine rings is 2. The molecule has 3 fully saturated rings. The molecule has 0 amide bonds. The predicted molar refractivity (Wildman–Crippen MR) is 163 cm³/mol. The van der Waals surface area contributed by atoms with Crippen molar-refractivity contribution in [3.05, 3.63) is 54.7 Å². The number of carbonyl (C=O) groups is 1. The van der Waals surface area contributed by atoms with E-state index in [1.807, 2.05) is 6.92 Å². The molecule has 3 saturated heterocycles. The lowest BCUT2D eigenvalue weighted by atomic mass is 9.90. The van der Waals surface area contributed by atoms with Crippen LogP contribution in [0, 0.1) is 0 Å². The Bertz CT molecular complexity index is 1810. The van der Waals surface area contributed by atoms with Gasteiger partial charge in [-0.15, -0.1) is 0 Å². The second kappa shape index (κ2) is 13.1. The summed E-state index contributed by atoms with van der Waals surface area (Å²) in [4.78, 5) is 39.2. The van der Waals surface area contributed by atoms with Gasteiger partial charge in [-0.05, 0) is 36.8 Å². The fourth-order valence-electron chi connectivity index (χ4n) is 6.23. The lowest BCUT2D eigenvalue weighted by Crippen LogP contribution is -2.68. The SMILES string of the molecule is C[C@@H]1N(c2cc(-c3ccnc(OC(F)F)c3)cnc2O[C@H]2C[C@@H](C(=O)O)N(c3nc(-c4ccc[nH]4)nc(C(F)F)n3)C2)CCOC12COC2. The Morgan fingerprint density at radius 3 is 2.63 bits per heavy atom. The van der Waals surface area contributed by atoms with E-state index in [-0.39, 0.29) is 42.5 Å². The highest BCUT2D eigenvalue weighted by atomic mass is 19.3. The zero-order chi connectivity index (χ0) is 34.3. The molecule has 2 N–H and O–H groups in total. The third-order valence-electron chi connectivity index (χ3n) is 8.82. The highest BCUT2D eigenvalue weighted by molar-refractivity contribution is 5.78. The number of rotatable bonds is 10. The lowest BCUT2D eigenvalue weighted by Gasteiger charge is -2.53. The fourth-order valence-corrected chi connectivity index (χ4v) is 6.23. The Labute approximate surface area is 276 Å². The molecule has 0 unspecified atom stereocenters. The van der Waals surface area contributed by atoms with Crippen LogP contribution >= 0.6 is 0 Å². The van der Waals surface area contributed by atoms with Gasteiger partial charge >= 0.3 is 12.6 Å². The number of carboxylic acids is 1. The van der Waals surface area contributed by atoms with Crippen LogP contribution in [0.15, 0.2) is 48.9 Å².